The van der Waals surface area contributed by atoms with Gasteiger partial charge >= 0.3 is 12.1 Å². The van der Waals surface area contributed by atoms with Gasteiger partial charge in [0.25, 0.3) is 0 Å². The summed E-state index contributed by atoms with van der Waals surface area (Å²) in [5, 5.41) is 17.0. The molecule has 0 aromatic carbocycles. The number of hydrogen-bond acceptors (Lipinski definition) is 2. The molecule has 3 nitrogen and oxygen atoms in total. The first kappa shape index (κ1) is 12.2. The summed E-state index contributed by atoms with van der Waals surface area (Å²) in [6.45, 7) is 1.55. The normalized spacial score (nSPS) is 16.7. The first-order chi connectivity index (χ1) is 5.80. The van der Waals surface area contributed by atoms with Crippen molar-refractivity contribution in [3.05, 3.63) is 0 Å². The van der Waals surface area contributed by atoms with E-state index < -0.39 is 24.2 Å². The topological polar surface area (TPSA) is 57.5 Å². The Morgan fingerprint density at radius 2 is 1.92 bits per heavy atom. The van der Waals surface area contributed by atoms with Crippen LogP contribution in [0.15, 0.2) is 0 Å². The highest BCUT2D eigenvalue weighted by Crippen LogP contribution is 2.28. The number of carboxylic acid groups (broad SMARTS) is 1. The Hall–Kier alpha value is -0.780. The molecule has 0 spiro atoms. The van der Waals surface area contributed by atoms with E-state index in [4.69, 9.17) is 10.2 Å². The van der Waals surface area contributed by atoms with E-state index in [2.05, 4.69) is 0 Å². The summed E-state index contributed by atoms with van der Waals surface area (Å²) in [6, 6.07) is 0. The molecule has 6 heteroatoms. The molecule has 0 fully saturated rings. The maximum atomic E-state index is 11.9. The summed E-state index contributed by atoms with van der Waals surface area (Å²) in [5.41, 5.74) is 0. The predicted molar refractivity (Wildman–Crippen MR) is 38.1 cm³/mol. The zero-order valence-corrected chi connectivity index (χ0v) is 7.01. The molecule has 0 bridgehead atoms. The fourth-order valence-electron chi connectivity index (χ4n) is 0.956. The Morgan fingerprint density at radius 3 is 2.15 bits per heavy atom. The zero-order valence-electron chi connectivity index (χ0n) is 7.01. The van der Waals surface area contributed by atoms with Gasteiger partial charge in [0.15, 0.2) is 6.10 Å². The van der Waals surface area contributed by atoms with Gasteiger partial charge in [0.05, 0.1) is 5.92 Å². The van der Waals surface area contributed by atoms with Crippen LogP contribution in [0.2, 0.25) is 0 Å². The molecule has 0 aliphatic carbocycles. The average Bonchev–Trinajstić information content (AvgIpc) is 1.96. The number of aliphatic hydroxyl groups excluding tert-OH is 1. The van der Waals surface area contributed by atoms with Gasteiger partial charge in [-0.05, 0) is 6.42 Å². The summed E-state index contributed by atoms with van der Waals surface area (Å²) in [7, 11) is 0. The van der Waals surface area contributed by atoms with Crippen molar-refractivity contribution in [2.45, 2.75) is 32.0 Å². The number of hydrogen-bond donors (Lipinski definition) is 2. The van der Waals surface area contributed by atoms with Gasteiger partial charge in [-0.2, -0.15) is 13.2 Å². The van der Waals surface area contributed by atoms with Crippen molar-refractivity contribution in [1.29, 1.82) is 0 Å². The molecule has 0 aliphatic heterocycles. The third-order valence-electron chi connectivity index (χ3n) is 1.63. The lowest BCUT2D eigenvalue weighted by molar-refractivity contribution is -0.223. The highest BCUT2D eigenvalue weighted by Gasteiger charge is 2.45. The molecule has 0 aromatic rings. The number of carbonyl (C=O) groups is 1. The van der Waals surface area contributed by atoms with Crippen LogP contribution in [0.1, 0.15) is 19.8 Å². The fourth-order valence-corrected chi connectivity index (χ4v) is 0.956. The third kappa shape index (κ3) is 3.63. The Balaban J connectivity index is 4.46. The van der Waals surface area contributed by atoms with E-state index in [0.29, 0.717) is 0 Å². The first-order valence-corrected chi connectivity index (χ1v) is 3.78. The molecular weight excluding hydrogens is 189 g/mol. The molecular formula is C7H11F3O3. The minimum atomic E-state index is -4.86. The molecule has 0 heterocycles. The quantitative estimate of drug-likeness (QED) is 0.721. The fraction of sp³-hybridized carbons (Fsp3) is 0.857. The van der Waals surface area contributed by atoms with Crippen LogP contribution in [0.5, 0.6) is 0 Å². The van der Waals surface area contributed by atoms with Crippen molar-refractivity contribution in [3.63, 3.8) is 0 Å². The summed E-state index contributed by atoms with van der Waals surface area (Å²) in [6.07, 6.45) is -7.54. The van der Waals surface area contributed by atoms with Crippen molar-refractivity contribution in [1.82, 2.24) is 0 Å². The van der Waals surface area contributed by atoms with Gasteiger partial charge < -0.3 is 10.2 Å². The lowest BCUT2D eigenvalue weighted by Crippen LogP contribution is -2.39. The Bertz CT molecular complexity index is 178. The van der Waals surface area contributed by atoms with Gasteiger partial charge in [0, 0.05) is 0 Å². The first-order valence-electron chi connectivity index (χ1n) is 3.78. The third-order valence-corrected chi connectivity index (χ3v) is 1.63. The lowest BCUT2D eigenvalue weighted by atomic mass is 9.97. The largest absolute Gasteiger partial charge is 0.481 e. The van der Waals surface area contributed by atoms with E-state index in [1.165, 1.54) is 0 Å². The number of halogens is 3. The smallest absolute Gasteiger partial charge is 0.415 e. The van der Waals surface area contributed by atoms with Crippen LogP contribution in [0.25, 0.3) is 0 Å². The van der Waals surface area contributed by atoms with Crippen LogP contribution >= 0.6 is 0 Å². The van der Waals surface area contributed by atoms with Gasteiger partial charge in [-0.15, -0.1) is 0 Å². The second-order valence-electron chi connectivity index (χ2n) is 2.72. The molecule has 0 unspecified atom stereocenters. The number of rotatable bonds is 4. The molecule has 0 aliphatic rings. The average molecular weight is 200 g/mol. The molecule has 0 rings (SSSR count). The highest BCUT2D eigenvalue weighted by atomic mass is 19.4. The second kappa shape index (κ2) is 4.45. The SMILES string of the molecule is CCC[C@H](C(=O)O)[C@H](O)C(F)(F)F. The second-order valence-corrected chi connectivity index (χ2v) is 2.72. The Kier molecular flexibility index (Phi) is 4.19. The Morgan fingerprint density at radius 1 is 1.46 bits per heavy atom. The zero-order chi connectivity index (χ0) is 10.6. The molecule has 0 amide bonds. The predicted octanol–water partition coefficient (Wildman–Crippen LogP) is 1.41. The molecule has 0 aromatic heterocycles. The van der Waals surface area contributed by atoms with Crippen LogP contribution < -0.4 is 0 Å². The van der Waals surface area contributed by atoms with Crippen molar-refractivity contribution in [2.24, 2.45) is 5.92 Å². The van der Waals surface area contributed by atoms with E-state index in [1.807, 2.05) is 0 Å². The summed E-state index contributed by atoms with van der Waals surface area (Å²) in [4.78, 5) is 10.3. The van der Waals surface area contributed by atoms with Crippen molar-refractivity contribution in [3.8, 4) is 0 Å². The van der Waals surface area contributed by atoms with Gasteiger partial charge in [0.1, 0.15) is 0 Å². The van der Waals surface area contributed by atoms with Crippen LogP contribution in [0.3, 0.4) is 0 Å². The van der Waals surface area contributed by atoms with Gasteiger partial charge in [0.2, 0.25) is 0 Å². The maximum Gasteiger partial charge on any atom is 0.415 e. The van der Waals surface area contributed by atoms with Gasteiger partial charge in [-0.25, -0.2) is 0 Å². The standard InChI is InChI=1S/C7H11F3O3/c1-2-3-4(6(12)13)5(11)7(8,9)10/h4-5,11H,2-3H2,1H3,(H,12,13)/t4-,5-/m0/s1. The van der Waals surface area contributed by atoms with Crippen molar-refractivity contribution in [2.75, 3.05) is 0 Å². The molecule has 78 valence electrons. The molecule has 0 saturated carbocycles. The summed E-state index contributed by atoms with van der Waals surface area (Å²) >= 11 is 0. The number of carboxylic acids is 1. The van der Waals surface area contributed by atoms with Crippen molar-refractivity contribution < 1.29 is 28.2 Å². The van der Waals surface area contributed by atoms with Gasteiger partial charge in [-0.3, -0.25) is 4.79 Å². The number of aliphatic hydroxyl groups is 1. The molecule has 2 atom stereocenters. The van der Waals surface area contributed by atoms with Crippen LogP contribution in [0.4, 0.5) is 13.2 Å². The summed E-state index contributed by atoms with van der Waals surface area (Å²) in [5.74, 6) is -3.38. The molecule has 0 saturated heterocycles. The molecule has 13 heavy (non-hydrogen) atoms. The van der Waals surface area contributed by atoms with Crippen LogP contribution in [0, 0.1) is 5.92 Å². The lowest BCUT2D eigenvalue weighted by Gasteiger charge is -2.20. The summed E-state index contributed by atoms with van der Waals surface area (Å²) < 4.78 is 35.6. The van der Waals surface area contributed by atoms with E-state index in [9.17, 15) is 18.0 Å². The monoisotopic (exact) mass is 200 g/mol. The van der Waals surface area contributed by atoms with Crippen molar-refractivity contribution >= 4 is 5.97 Å². The van der Waals surface area contributed by atoms with Crippen LogP contribution in [-0.4, -0.2) is 28.5 Å². The molecule has 0 radical (unpaired) electrons. The van der Waals surface area contributed by atoms with E-state index in [1.54, 1.807) is 6.92 Å². The Labute approximate surface area is 73.2 Å². The van der Waals surface area contributed by atoms with Crippen LogP contribution in [-0.2, 0) is 4.79 Å². The van der Waals surface area contributed by atoms with E-state index in [0.717, 1.165) is 0 Å². The van der Waals surface area contributed by atoms with Gasteiger partial charge in [-0.1, -0.05) is 13.3 Å². The number of aliphatic carboxylic acids is 1. The van der Waals surface area contributed by atoms with E-state index >= 15 is 0 Å². The number of alkyl halides is 3. The highest BCUT2D eigenvalue weighted by molar-refractivity contribution is 5.70. The van der Waals surface area contributed by atoms with E-state index in [-0.39, 0.29) is 12.8 Å². The minimum Gasteiger partial charge on any atom is -0.481 e. The molecule has 2 N–H and O–H groups in total. The minimum absolute atomic E-state index is 0.185. The maximum absolute atomic E-state index is 11.9.